The predicted octanol–water partition coefficient (Wildman–Crippen LogP) is 2.50. The van der Waals surface area contributed by atoms with Crippen LogP contribution < -0.4 is 5.32 Å². The van der Waals surface area contributed by atoms with Crippen molar-refractivity contribution >= 4 is 0 Å². The van der Waals surface area contributed by atoms with Gasteiger partial charge in [0.25, 0.3) is 0 Å². The molecule has 1 N–H and O–H groups in total. The van der Waals surface area contributed by atoms with Crippen molar-refractivity contribution in [3.05, 3.63) is 18.2 Å². The second-order valence-corrected chi connectivity index (χ2v) is 7.45. The van der Waals surface area contributed by atoms with Gasteiger partial charge in [0.2, 0.25) is 0 Å². The molecule has 0 spiro atoms. The Labute approximate surface area is 128 Å². The highest BCUT2D eigenvalue weighted by molar-refractivity contribution is 4.98. The summed E-state index contributed by atoms with van der Waals surface area (Å²) in [7, 11) is 0. The third kappa shape index (κ3) is 3.16. The molecule has 0 aromatic carbocycles. The summed E-state index contributed by atoms with van der Waals surface area (Å²) in [5.41, 5.74) is 0.424. The molecule has 118 valence electrons. The third-order valence-electron chi connectivity index (χ3n) is 5.45. The van der Waals surface area contributed by atoms with Gasteiger partial charge in [0.1, 0.15) is 5.82 Å². The zero-order valence-corrected chi connectivity index (χ0v) is 13.8. The van der Waals surface area contributed by atoms with Gasteiger partial charge in [-0.1, -0.05) is 27.2 Å². The van der Waals surface area contributed by atoms with Crippen LogP contribution in [0.2, 0.25) is 0 Å². The standard InChI is InChI=1S/C17H30N4/c1-4-18-16-14(6-5-7-17(16,2)3)12-20-10-11-21-9-8-19-15(21)13-20/h8-9,14,16,18H,4-7,10-13H2,1-3H3. The molecule has 1 fully saturated rings. The molecule has 3 rings (SSSR count). The van der Waals surface area contributed by atoms with Crippen LogP contribution in [0.4, 0.5) is 0 Å². The van der Waals surface area contributed by atoms with Crippen molar-refractivity contribution in [3.63, 3.8) is 0 Å². The summed E-state index contributed by atoms with van der Waals surface area (Å²) in [6, 6.07) is 0.651. The van der Waals surface area contributed by atoms with Crippen LogP contribution in [0.1, 0.15) is 45.9 Å². The first-order valence-electron chi connectivity index (χ1n) is 8.56. The van der Waals surface area contributed by atoms with Gasteiger partial charge in [0.15, 0.2) is 0 Å². The minimum atomic E-state index is 0.424. The lowest BCUT2D eigenvalue weighted by Gasteiger charge is -2.46. The molecule has 4 heteroatoms. The molecule has 1 aromatic heterocycles. The molecule has 2 unspecified atom stereocenters. The molecule has 2 atom stereocenters. The van der Waals surface area contributed by atoms with Gasteiger partial charge >= 0.3 is 0 Å². The Kier molecular flexibility index (Phi) is 4.36. The van der Waals surface area contributed by atoms with Crippen LogP contribution >= 0.6 is 0 Å². The van der Waals surface area contributed by atoms with Crippen LogP contribution in [0.15, 0.2) is 12.4 Å². The number of rotatable bonds is 4. The number of aromatic nitrogens is 2. The number of imidazole rings is 1. The summed E-state index contributed by atoms with van der Waals surface area (Å²) in [6.07, 6.45) is 8.14. The first-order chi connectivity index (χ1) is 10.1. The summed E-state index contributed by atoms with van der Waals surface area (Å²) in [5, 5.41) is 3.78. The minimum Gasteiger partial charge on any atom is -0.333 e. The van der Waals surface area contributed by atoms with Gasteiger partial charge < -0.3 is 9.88 Å². The maximum atomic E-state index is 4.49. The summed E-state index contributed by atoms with van der Waals surface area (Å²) < 4.78 is 2.29. The molecule has 2 aliphatic rings. The van der Waals surface area contributed by atoms with Crippen LogP contribution in [-0.2, 0) is 13.1 Å². The smallest absolute Gasteiger partial charge is 0.122 e. The highest BCUT2D eigenvalue weighted by Crippen LogP contribution is 2.39. The lowest BCUT2D eigenvalue weighted by atomic mass is 9.67. The number of hydrogen-bond donors (Lipinski definition) is 1. The number of fused-ring (bicyclic) bond motifs is 1. The van der Waals surface area contributed by atoms with Crippen LogP contribution in [0.5, 0.6) is 0 Å². The second kappa shape index (κ2) is 6.09. The van der Waals surface area contributed by atoms with Crippen molar-refractivity contribution in [3.8, 4) is 0 Å². The molecule has 0 amide bonds. The molecule has 4 nitrogen and oxygen atoms in total. The summed E-state index contributed by atoms with van der Waals surface area (Å²) in [6.45, 7) is 12.7. The van der Waals surface area contributed by atoms with E-state index in [0.717, 1.165) is 25.6 Å². The molecule has 0 saturated heterocycles. The van der Waals surface area contributed by atoms with E-state index in [1.165, 1.54) is 38.2 Å². The Balaban J connectivity index is 1.66. The van der Waals surface area contributed by atoms with Crippen molar-refractivity contribution in [1.82, 2.24) is 19.8 Å². The largest absolute Gasteiger partial charge is 0.333 e. The number of nitrogens with one attached hydrogen (secondary N) is 1. The highest BCUT2D eigenvalue weighted by atomic mass is 15.2. The van der Waals surface area contributed by atoms with Gasteiger partial charge in [-0.2, -0.15) is 0 Å². The Bertz CT molecular complexity index is 465. The van der Waals surface area contributed by atoms with Gasteiger partial charge in [-0.25, -0.2) is 4.98 Å². The Morgan fingerprint density at radius 3 is 3.05 bits per heavy atom. The van der Waals surface area contributed by atoms with E-state index in [4.69, 9.17) is 0 Å². The van der Waals surface area contributed by atoms with Gasteiger partial charge in [-0.05, 0) is 30.7 Å². The Hall–Kier alpha value is -0.870. The molecule has 1 aromatic rings. The molecule has 1 aliphatic carbocycles. The van der Waals surface area contributed by atoms with Crippen LogP contribution in [-0.4, -0.2) is 40.1 Å². The summed E-state index contributed by atoms with van der Waals surface area (Å²) in [5.74, 6) is 2.01. The molecule has 0 bridgehead atoms. The molecule has 1 aliphatic heterocycles. The Morgan fingerprint density at radius 1 is 1.38 bits per heavy atom. The van der Waals surface area contributed by atoms with Crippen LogP contribution in [0, 0.1) is 11.3 Å². The molecule has 21 heavy (non-hydrogen) atoms. The zero-order valence-electron chi connectivity index (χ0n) is 13.8. The van der Waals surface area contributed by atoms with E-state index in [0.29, 0.717) is 11.5 Å². The van der Waals surface area contributed by atoms with E-state index in [-0.39, 0.29) is 0 Å². The van der Waals surface area contributed by atoms with E-state index in [1.54, 1.807) is 0 Å². The Morgan fingerprint density at radius 2 is 2.24 bits per heavy atom. The monoisotopic (exact) mass is 290 g/mol. The lowest BCUT2D eigenvalue weighted by molar-refractivity contribution is 0.0708. The predicted molar refractivity (Wildman–Crippen MR) is 86.1 cm³/mol. The second-order valence-electron chi connectivity index (χ2n) is 7.45. The molecular weight excluding hydrogens is 260 g/mol. The van der Waals surface area contributed by atoms with E-state index >= 15 is 0 Å². The fourth-order valence-electron chi connectivity index (χ4n) is 4.35. The number of hydrogen-bond acceptors (Lipinski definition) is 3. The van der Waals surface area contributed by atoms with E-state index in [2.05, 4.69) is 46.7 Å². The van der Waals surface area contributed by atoms with Gasteiger partial charge in [-0.15, -0.1) is 0 Å². The number of nitrogens with zero attached hydrogens (tertiary/aromatic N) is 3. The zero-order chi connectivity index (χ0) is 14.9. The summed E-state index contributed by atoms with van der Waals surface area (Å²) in [4.78, 5) is 7.10. The van der Waals surface area contributed by atoms with Gasteiger partial charge in [0, 0.05) is 38.1 Å². The normalized spacial score (nSPS) is 29.3. The average molecular weight is 290 g/mol. The van der Waals surface area contributed by atoms with Crippen molar-refractivity contribution in [2.75, 3.05) is 19.6 Å². The van der Waals surface area contributed by atoms with Crippen LogP contribution in [0.3, 0.4) is 0 Å². The first kappa shape index (κ1) is 15.0. The molecular formula is C17H30N4. The van der Waals surface area contributed by atoms with Crippen molar-refractivity contribution in [2.45, 2.75) is 59.2 Å². The van der Waals surface area contributed by atoms with Gasteiger partial charge in [0.05, 0.1) is 6.54 Å². The molecule has 1 saturated carbocycles. The van der Waals surface area contributed by atoms with E-state index in [1.807, 2.05) is 6.20 Å². The average Bonchev–Trinajstić information content (AvgIpc) is 2.90. The third-order valence-corrected chi connectivity index (χ3v) is 5.45. The molecule has 2 heterocycles. The minimum absolute atomic E-state index is 0.424. The van der Waals surface area contributed by atoms with Crippen molar-refractivity contribution < 1.29 is 0 Å². The topological polar surface area (TPSA) is 33.1 Å². The van der Waals surface area contributed by atoms with Crippen LogP contribution in [0.25, 0.3) is 0 Å². The van der Waals surface area contributed by atoms with Gasteiger partial charge in [-0.3, -0.25) is 4.90 Å². The highest BCUT2D eigenvalue weighted by Gasteiger charge is 2.39. The maximum absolute atomic E-state index is 4.49. The molecule has 0 radical (unpaired) electrons. The van der Waals surface area contributed by atoms with Crippen molar-refractivity contribution in [2.24, 2.45) is 11.3 Å². The fraction of sp³-hybridized carbons (Fsp3) is 0.824. The van der Waals surface area contributed by atoms with E-state index < -0.39 is 0 Å². The lowest BCUT2D eigenvalue weighted by Crippen LogP contribution is -2.53. The first-order valence-corrected chi connectivity index (χ1v) is 8.56. The fourth-order valence-corrected chi connectivity index (χ4v) is 4.35. The van der Waals surface area contributed by atoms with Crippen molar-refractivity contribution in [1.29, 1.82) is 0 Å². The maximum Gasteiger partial charge on any atom is 0.122 e. The summed E-state index contributed by atoms with van der Waals surface area (Å²) >= 11 is 0. The van der Waals surface area contributed by atoms with E-state index in [9.17, 15) is 0 Å². The quantitative estimate of drug-likeness (QED) is 0.925. The SMILES string of the molecule is CCNC1C(CN2CCn3ccnc3C2)CCCC1(C)C.